The third-order valence-electron chi connectivity index (χ3n) is 4.36. The van der Waals surface area contributed by atoms with Crippen molar-refractivity contribution in [3.05, 3.63) is 0 Å². The lowest BCUT2D eigenvalue weighted by Gasteiger charge is -2.49. The van der Waals surface area contributed by atoms with Crippen LogP contribution in [0, 0.1) is 5.92 Å². The Labute approximate surface area is 93.6 Å². The predicted molar refractivity (Wildman–Crippen MR) is 63.8 cm³/mol. The number of rotatable bonds is 3. The van der Waals surface area contributed by atoms with E-state index in [0.29, 0.717) is 6.04 Å². The van der Waals surface area contributed by atoms with Crippen LogP contribution >= 0.6 is 0 Å². The molecule has 2 atom stereocenters. The van der Waals surface area contributed by atoms with Gasteiger partial charge in [0.1, 0.15) is 0 Å². The Morgan fingerprint density at radius 2 is 2.00 bits per heavy atom. The number of likely N-dealkylation sites (N-methyl/N-ethyl adjacent to an activating group) is 1. The first-order valence-electron chi connectivity index (χ1n) is 6.23. The summed E-state index contributed by atoms with van der Waals surface area (Å²) in [5.41, 5.74) is 6.28. The van der Waals surface area contributed by atoms with Crippen molar-refractivity contribution in [2.75, 3.05) is 33.2 Å². The molecular formula is C12H25N3. The molecule has 3 nitrogen and oxygen atoms in total. The molecule has 1 saturated carbocycles. The molecular weight excluding hydrogens is 186 g/mol. The van der Waals surface area contributed by atoms with Crippen LogP contribution in [0.1, 0.15) is 26.7 Å². The molecule has 2 N–H and O–H groups in total. The minimum absolute atomic E-state index is 0.265. The largest absolute Gasteiger partial charge is 0.329 e. The van der Waals surface area contributed by atoms with Gasteiger partial charge in [-0.2, -0.15) is 0 Å². The molecule has 3 heteroatoms. The number of hydrogen-bond donors (Lipinski definition) is 1. The van der Waals surface area contributed by atoms with E-state index in [2.05, 4.69) is 30.7 Å². The summed E-state index contributed by atoms with van der Waals surface area (Å²) >= 11 is 0. The fourth-order valence-electron chi connectivity index (χ4n) is 3.12. The van der Waals surface area contributed by atoms with E-state index in [9.17, 15) is 0 Å². The maximum absolute atomic E-state index is 6.02. The van der Waals surface area contributed by atoms with Gasteiger partial charge >= 0.3 is 0 Å². The lowest BCUT2D eigenvalue weighted by molar-refractivity contribution is 0.000647. The molecule has 88 valence electrons. The topological polar surface area (TPSA) is 32.5 Å². The van der Waals surface area contributed by atoms with Gasteiger partial charge in [0.2, 0.25) is 0 Å². The first-order valence-corrected chi connectivity index (χ1v) is 6.23. The van der Waals surface area contributed by atoms with E-state index in [0.717, 1.165) is 12.5 Å². The van der Waals surface area contributed by atoms with Crippen LogP contribution in [0.2, 0.25) is 0 Å². The summed E-state index contributed by atoms with van der Waals surface area (Å²) in [4.78, 5) is 5.08. The molecule has 0 bridgehead atoms. The van der Waals surface area contributed by atoms with Gasteiger partial charge < -0.3 is 10.6 Å². The fourth-order valence-corrected chi connectivity index (χ4v) is 3.12. The fraction of sp³-hybridized carbons (Fsp3) is 1.00. The summed E-state index contributed by atoms with van der Waals surface area (Å²) < 4.78 is 0. The van der Waals surface area contributed by atoms with Crippen LogP contribution in [0.4, 0.5) is 0 Å². The zero-order valence-electron chi connectivity index (χ0n) is 10.4. The number of hydrogen-bond acceptors (Lipinski definition) is 3. The highest BCUT2D eigenvalue weighted by Gasteiger charge is 2.46. The van der Waals surface area contributed by atoms with Gasteiger partial charge in [0.15, 0.2) is 0 Å². The second-order valence-corrected chi connectivity index (χ2v) is 5.64. The predicted octanol–water partition coefficient (Wildman–Crippen LogP) is 0.750. The summed E-state index contributed by atoms with van der Waals surface area (Å²) in [7, 11) is 2.21. The van der Waals surface area contributed by atoms with Gasteiger partial charge in [0, 0.05) is 37.8 Å². The minimum Gasteiger partial charge on any atom is -0.329 e. The van der Waals surface area contributed by atoms with Crippen LogP contribution in [0.5, 0.6) is 0 Å². The summed E-state index contributed by atoms with van der Waals surface area (Å²) in [6.07, 6.45) is 2.76. The number of nitrogens with two attached hydrogens (primary N) is 1. The Morgan fingerprint density at radius 3 is 2.47 bits per heavy atom. The van der Waals surface area contributed by atoms with Crippen molar-refractivity contribution >= 4 is 0 Å². The standard InChI is InChI=1S/C12H25N3/c1-10-8-14(3)6-7-15(10)12(2,9-13)11-4-5-11/h10-11H,4-9,13H2,1-3H3. The summed E-state index contributed by atoms with van der Waals surface area (Å²) in [6.45, 7) is 9.07. The van der Waals surface area contributed by atoms with Crippen molar-refractivity contribution in [3.63, 3.8) is 0 Å². The van der Waals surface area contributed by atoms with Crippen LogP contribution in [0.3, 0.4) is 0 Å². The molecule has 0 spiro atoms. The monoisotopic (exact) mass is 211 g/mol. The van der Waals surface area contributed by atoms with Gasteiger partial charge in [-0.25, -0.2) is 0 Å². The van der Waals surface area contributed by atoms with Gasteiger partial charge in [0.25, 0.3) is 0 Å². The molecule has 0 radical (unpaired) electrons. The molecule has 2 fully saturated rings. The van der Waals surface area contributed by atoms with E-state index < -0.39 is 0 Å². The van der Waals surface area contributed by atoms with E-state index in [1.807, 2.05) is 0 Å². The molecule has 1 heterocycles. The molecule has 1 saturated heterocycles. The van der Waals surface area contributed by atoms with E-state index in [1.54, 1.807) is 0 Å². The van der Waals surface area contributed by atoms with E-state index in [4.69, 9.17) is 5.73 Å². The van der Waals surface area contributed by atoms with E-state index in [1.165, 1.54) is 32.5 Å². The van der Waals surface area contributed by atoms with Crippen molar-refractivity contribution in [1.29, 1.82) is 0 Å². The van der Waals surface area contributed by atoms with Crippen LogP contribution in [0.25, 0.3) is 0 Å². The van der Waals surface area contributed by atoms with Crippen molar-refractivity contribution in [2.24, 2.45) is 11.7 Å². The van der Waals surface area contributed by atoms with Crippen molar-refractivity contribution < 1.29 is 0 Å². The molecule has 0 aromatic heterocycles. The zero-order chi connectivity index (χ0) is 11.1. The Morgan fingerprint density at radius 1 is 1.33 bits per heavy atom. The first kappa shape index (κ1) is 11.4. The lowest BCUT2D eigenvalue weighted by Crippen LogP contribution is -2.63. The minimum atomic E-state index is 0.265. The Hall–Kier alpha value is -0.120. The SMILES string of the molecule is CC1CN(C)CCN1C(C)(CN)C1CC1. The average molecular weight is 211 g/mol. The second-order valence-electron chi connectivity index (χ2n) is 5.64. The van der Waals surface area contributed by atoms with Crippen molar-refractivity contribution in [1.82, 2.24) is 9.80 Å². The molecule has 2 rings (SSSR count). The molecule has 15 heavy (non-hydrogen) atoms. The van der Waals surface area contributed by atoms with Gasteiger partial charge in [-0.15, -0.1) is 0 Å². The Bertz CT molecular complexity index is 227. The summed E-state index contributed by atoms with van der Waals surface area (Å²) in [5.74, 6) is 0.855. The zero-order valence-corrected chi connectivity index (χ0v) is 10.4. The average Bonchev–Trinajstić information content (AvgIpc) is 3.00. The molecule has 0 aromatic carbocycles. The Kier molecular flexibility index (Phi) is 3.06. The molecule has 0 aromatic rings. The first-order chi connectivity index (χ1) is 7.08. The van der Waals surface area contributed by atoms with Crippen LogP contribution in [-0.4, -0.2) is 54.6 Å². The van der Waals surface area contributed by atoms with Gasteiger partial charge in [0.05, 0.1) is 0 Å². The molecule has 2 unspecified atom stereocenters. The molecule has 2 aliphatic rings. The summed E-state index contributed by atoms with van der Waals surface area (Å²) in [6, 6.07) is 0.651. The quantitative estimate of drug-likeness (QED) is 0.748. The highest BCUT2D eigenvalue weighted by Crippen LogP contribution is 2.43. The molecule has 0 amide bonds. The third-order valence-corrected chi connectivity index (χ3v) is 4.36. The third kappa shape index (κ3) is 2.05. The van der Waals surface area contributed by atoms with Gasteiger partial charge in [-0.3, -0.25) is 4.90 Å². The van der Waals surface area contributed by atoms with Gasteiger partial charge in [-0.05, 0) is 39.7 Å². The highest BCUT2D eigenvalue weighted by molar-refractivity contribution is 5.03. The highest BCUT2D eigenvalue weighted by atomic mass is 15.3. The molecule has 1 aliphatic carbocycles. The van der Waals surface area contributed by atoms with Crippen LogP contribution in [0.15, 0.2) is 0 Å². The van der Waals surface area contributed by atoms with E-state index >= 15 is 0 Å². The van der Waals surface area contributed by atoms with Crippen molar-refractivity contribution in [3.8, 4) is 0 Å². The Balaban J connectivity index is 2.07. The van der Waals surface area contributed by atoms with Crippen LogP contribution < -0.4 is 5.73 Å². The van der Waals surface area contributed by atoms with E-state index in [-0.39, 0.29) is 5.54 Å². The number of piperazine rings is 1. The normalized spacial score (nSPS) is 34.0. The maximum atomic E-state index is 6.02. The van der Waals surface area contributed by atoms with Gasteiger partial charge in [-0.1, -0.05) is 0 Å². The van der Waals surface area contributed by atoms with Crippen molar-refractivity contribution in [2.45, 2.75) is 38.3 Å². The smallest absolute Gasteiger partial charge is 0.0335 e. The molecule has 1 aliphatic heterocycles. The lowest BCUT2D eigenvalue weighted by atomic mass is 9.90. The van der Waals surface area contributed by atoms with Crippen LogP contribution in [-0.2, 0) is 0 Å². The maximum Gasteiger partial charge on any atom is 0.0335 e. The second kappa shape index (κ2) is 4.04. The summed E-state index contributed by atoms with van der Waals surface area (Å²) in [5, 5.41) is 0. The number of nitrogens with zero attached hydrogens (tertiary/aromatic N) is 2.